The highest BCUT2D eigenvalue weighted by Gasteiger charge is 2.18. The lowest BCUT2D eigenvalue weighted by atomic mass is 10.2. The molecule has 0 aromatic rings. The summed E-state index contributed by atoms with van der Waals surface area (Å²) in [6, 6.07) is 0.513. The molecule has 2 fully saturated rings. The third kappa shape index (κ3) is 2.44. The van der Waals surface area contributed by atoms with Crippen molar-refractivity contribution in [1.82, 2.24) is 5.32 Å². The zero-order valence-corrected chi connectivity index (χ0v) is 8.81. The van der Waals surface area contributed by atoms with Gasteiger partial charge in [0.1, 0.15) is 0 Å². The topological polar surface area (TPSA) is 41.5 Å². The SMILES string of the molecule is O=S1(=NC[C@H]2CCCN2)CCCC1. The molecule has 3 nitrogen and oxygen atoms in total. The van der Waals surface area contributed by atoms with E-state index in [1.165, 1.54) is 12.8 Å². The van der Waals surface area contributed by atoms with Gasteiger partial charge < -0.3 is 5.32 Å². The number of rotatable bonds is 2. The van der Waals surface area contributed by atoms with Crippen molar-refractivity contribution >= 4 is 9.73 Å². The van der Waals surface area contributed by atoms with Crippen LogP contribution in [0.25, 0.3) is 0 Å². The average molecular weight is 202 g/mol. The fourth-order valence-corrected chi connectivity index (χ4v) is 4.25. The lowest BCUT2D eigenvalue weighted by Gasteiger charge is -2.07. The van der Waals surface area contributed by atoms with Gasteiger partial charge in [-0.3, -0.25) is 0 Å². The maximum absolute atomic E-state index is 11.9. The molecule has 0 spiro atoms. The van der Waals surface area contributed by atoms with Gasteiger partial charge in [-0.15, -0.1) is 0 Å². The Morgan fingerprint density at radius 2 is 2.08 bits per heavy atom. The molecular weight excluding hydrogens is 184 g/mol. The largest absolute Gasteiger partial charge is 0.312 e. The fraction of sp³-hybridized carbons (Fsp3) is 1.00. The van der Waals surface area contributed by atoms with Gasteiger partial charge in [0, 0.05) is 27.3 Å². The summed E-state index contributed by atoms with van der Waals surface area (Å²) in [5, 5.41) is 3.38. The van der Waals surface area contributed by atoms with Gasteiger partial charge in [0.2, 0.25) is 0 Å². The maximum Gasteiger partial charge on any atom is 0.0637 e. The quantitative estimate of drug-likeness (QED) is 0.726. The smallest absolute Gasteiger partial charge is 0.0637 e. The summed E-state index contributed by atoms with van der Waals surface area (Å²) in [6.45, 7) is 1.89. The first-order valence-corrected chi connectivity index (χ1v) is 7.05. The van der Waals surface area contributed by atoms with Crippen LogP contribution < -0.4 is 5.32 Å². The van der Waals surface area contributed by atoms with Crippen molar-refractivity contribution in [1.29, 1.82) is 0 Å². The number of hydrogen-bond acceptors (Lipinski definition) is 3. The van der Waals surface area contributed by atoms with Crippen molar-refractivity contribution in [2.24, 2.45) is 4.36 Å². The Balaban J connectivity index is 1.91. The highest BCUT2D eigenvalue weighted by atomic mass is 32.2. The van der Waals surface area contributed by atoms with E-state index in [0.29, 0.717) is 6.04 Å². The molecule has 0 saturated carbocycles. The van der Waals surface area contributed by atoms with Crippen LogP contribution in [0, 0.1) is 0 Å². The second-order valence-electron chi connectivity index (χ2n) is 3.99. The Hall–Kier alpha value is -0.0900. The predicted molar refractivity (Wildman–Crippen MR) is 55.4 cm³/mol. The molecule has 1 N–H and O–H groups in total. The average Bonchev–Trinajstić information content (AvgIpc) is 2.72. The predicted octanol–water partition coefficient (Wildman–Crippen LogP) is 1.00. The Bertz CT molecular complexity index is 263. The molecule has 1 atom stereocenters. The van der Waals surface area contributed by atoms with Crippen LogP contribution in [0.5, 0.6) is 0 Å². The van der Waals surface area contributed by atoms with Crippen molar-refractivity contribution in [3.8, 4) is 0 Å². The van der Waals surface area contributed by atoms with Crippen molar-refractivity contribution in [3.63, 3.8) is 0 Å². The first-order chi connectivity index (χ1) is 6.29. The molecule has 0 amide bonds. The minimum atomic E-state index is -1.76. The summed E-state index contributed by atoms with van der Waals surface area (Å²) in [4.78, 5) is 0. The van der Waals surface area contributed by atoms with E-state index < -0.39 is 9.73 Å². The molecule has 76 valence electrons. The van der Waals surface area contributed by atoms with E-state index in [4.69, 9.17) is 0 Å². The van der Waals surface area contributed by atoms with E-state index >= 15 is 0 Å². The summed E-state index contributed by atoms with van der Waals surface area (Å²) >= 11 is 0. The highest BCUT2D eigenvalue weighted by molar-refractivity contribution is 7.93. The van der Waals surface area contributed by atoms with E-state index in [1.807, 2.05) is 0 Å². The molecule has 0 aliphatic carbocycles. The van der Waals surface area contributed by atoms with Crippen molar-refractivity contribution in [3.05, 3.63) is 0 Å². The second-order valence-corrected chi connectivity index (χ2v) is 6.61. The lowest BCUT2D eigenvalue weighted by molar-refractivity contribution is 0.615. The molecule has 0 bridgehead atoms. The third-order valence-corrected chi connectivity index (χ3v) is 5.34. The molecule has 0 unspecified atom stereocenters. The van der Waals surface area contributed by atoms with Gasteiger partial charge in [0.25, 0.3) is 0 Å². The summed E-state index contributed by atoms with van der Waals surface area (Å²) in [6.07, 6.45) is 4.68. The number of hydrogen-bond donors (Lipinski definition) is 1. The molecule has 2 aliphatic heterocycles. The van der Waals surface area contributed by atoms with Crippen LogP contribution in [-0.4, -0.2) is 34.8 Å². The maximum atomic E-state index is 11.9. The Morgan fingerprint density at radius 3 is 2.69 bits per heavy atom. The van der Waals surface area contributed by atoms with Crippen LogP contribution in [0.15, 0.2) is 4.36 Å². The molecule has 0 aromatic heterocycles. The highest BCUT2D eigenvalue weighted by Crippen LogP contribution is 2.14. The standard InChI is InChI=1S/C9H18N2OS/c12-13(6-1-2-7-13)11-8-9-4-3-5-10-9/h9-10H,1-8H2/t9-/m1/s1. The molecule has 2 heterocycles. The second kappa shape index (κ2) is 3.96. The summed E-state index contributed by atoms with van der Waals surface area (Å²) in [5.74, 6) is 1.69. The van der Waals surface area contributed by atoms with E-state index in [9.17, 15) is 4.21 Å². The molecule has 13 heavy (non-hydrogen) atoms. The Kier molecular flexibility index (Phi) is 2.89. The van der Waals surface area contributed by atoms with Gasteiger partial charge in [-0.2, -0.15) is 0 Å². The minimum absolute atomic E-state index is 0.513. The zero-order chi connectivity index (χ0) is 9.15. The molecular formula is C9H18N2OS. The number of nitrogens with one attached hydrogen (secondary N) is 1. The van der Waals surface area contributed by atoms with Gasteiger partial charge >= 0.3 is 0 Å². The van der Waals surface area contributed by atoms with Gasteiger partial charge in [-0.05, 0) is 32.2 Å². The molecule has 0 radical (unpaired) electrons. The van der Waals surface area contributed by atoms with Crippen LogP contribution in [0.1, 0.15) is 25.7 Å². The van der Waals surface area contributed by atoms with Crippen LogP contribution in [0.3, 0.4) is 0 Å². The van der Waals surface area contributed by atoms with Crippen LogP contribution >= 0.6 is 0 Å². The zero-order valence-electron chi connectivity index (χ0n) is 8.00. The van der Waals surface area contributed by atoms with E-state index in [1.54, 1.807) is 0 Å². The molecule has 2 saturated heterocycles. The fourth-order valence-electron chi connectivity index (χ4n) is 2.02. The Morgan fingerprint density at radius 1 is 1.31 bits per heavy atom. The van der Waals surface area contributed by atoms with Crippen LogP contribution in [0.4, 0.5) is 0 Å². The van der Waals surface area contributed by atoms with E-state index in [0.717, 1.165) is 37.4 Å². The Labute approximate surface area is 80.5 Å². The lowest BCUT2D eigenvalue weighted by Crippen LogP contribution is -2.25. The van der Waals surface area contributed by atoms with E-state index in [-0.39, 0.29) is 0 Å². The molecule has 2 rings (SSSR count). The monoisotopic (exact) mass is 202 g/mol. The first-order valence-electron chi connectivity index (χ1n) is 5.20. The summed E-state index contributed by atoms with van der Waals surface area (Å²) in [7, 11) is -1.76. The van der Waals surface area contributed by atoms with Gasteiger partial charge in [0.05, 0.1) is 6.54 Å². The molecule has 0 aromatic carbocycles. The molecule has 2 aliphatic rings. The normalized spacial score (nSPS) is 32.2. The summed E-state index contributed by atoms with van der Waals surface area (Å²) in [5.41, 5.74) is 0. The van der Waals surface area contributed by atoms with Crippen molar-refractivity contribution in [2.45, 2.75) is 31.7 Å². The van der Waals surface area contributed by atoms with Crippen LogP contribution in [-0.2, 0) is 9.73 Å². The van der Waals surface area contributed by atoms with Gasteiger partial charge in [-0.25, -0.2) is 8.57 Å². The number of nitrogens with zero attached hydrogens (tertiary/aromatic N) is 1. The van der Waals surface area contributed by atoms with Gasteiger partial charge in [0.15, 0.2) is 0 Å². The van der Waals surface area contributed by atoms with Crippen molar-refractivity contribution < 1.29 is 4.21 Å². The molecule has 4 heteroatoms. The summed E-state index contributed by atoms with van der Waals surface area (Å²) < 4.78 is 16.4. The van der Waals surface area contributed by atoms with Crippen LogP contribution in [0.2, 0.25) is 0 Å². The first kappa shape index (κ1) is 9.46. The van der Waals surface area contributed by atoms with E-state index in [2.05, 4.69) is 9.68 Å². The van der Waals surface area contributed by atoms with Gasteiger partial charge in [-0.1, -0.05) is 0 Å². The van der Waals surface area contributed by atoms with Crippen molar-refractivity contribution in [2.75, 3.05) is 24.6 Å². The minimum Gasteiger partial charge on any atom is -0.312 e. The third-order valence-electron chi connectivity index (χ3n) is 2.87.